The first-order valence-electron chi connectivity index (χ1n) is 4.45. The molecule has 0 saturated heterocycles. The standard InChI is InChI=1S/C9H11N3O4/c10-9(15)16-4-3-11-6-1-2-7(8(13)14)12-5-6/h1-2,5,11H,3-4H2,(H2,10,15)(H,13,14). The van der Waals surface area contributed by atoms with Crippen LogP contribution in [0.2, 0.25) is 0 Å². The molecule has 0 spiro atoms. The zero-order chi connectivity index (χ0) is 12.0. The Labute approximate surface area is 91.2 Å². The van der Waals surface area contributed by atoms with E-state index >= 15 is 0 Å². The molecule has 1 aromatic rings. The first kappa shape index (κ1) is 11.8. The third-order valence-corrected chi connectivity index (χ3v) is 1.66. The fraction of sp³-hybridized carbons (Fsp3) is 0.222. The monoisotopic (exact) mass is 225 g/mol. The maximum Gasteiger partial charge on any atom is 0.404 e. The highest BCUT2D eigenvalue weighted by Gasteiger charge is 2.02. The molecular weight excluding hydrogens is 214 g/mol. The second-order valence-electron chi connectivity index (χ2n) is 2.83. The number of ether oxygens (including phenoxy) is 1. The summed E-state index contributed by atoms with van der Waals surface area (Å²) < 4.78 is 4.49. The van der Waals surface area contributed by atoms with Crippen molar-refractivity contribution in [1.82, 2.24) is 4.98 Å². The second kappa shape index (κ2) is 5.54. The van der Waals surface area contributed by atoms with E-state index in [2.05, 4.69) is 15.0 Å². The van der Waals surface area contributed by atoms with Gasteiger partial charge in [0.1, 0.15) is 12.3 Å². The number of pyridine rings is 1. The lowest BCUT2D eigenvalue weighted by Gasteiger charge is -2.05. The topological polar surface area (TPSA) is 115 Å². The number of anilines is 1. The summed E-state index contributed by atoms with van der Waals surface area (Å²) in [4.78, 5) is 24.4. The van der Waals surface area contributed by atoms with Gasteiger partial charge in [-0.05, 0) is 12.1 Å². The summed E-state index contributed by atoms with van der Waals surface area (Å²) in [6.45, 7) is 0.507. The smallest absolute Gasteiger partial charge is 0.404 e. The van der Waals surface area contributed by atoms with Crippen LogP contribution < -0.4 is 11.1 Å². The van der Waals surface area contributed by atoms with Crippen molar-refractivity contribution in [3.05, 3.63) is 24.0 Å². The second-order valence-corrected chi connectivity index (χ2v) is 2.83. The fourth-order valence-electron chi connectivity index (χ4n) is 0.972. The minimum absolute atomic E-state index is 0.0288. The minimum Gasteiger partial charge on any atom is -0.477 e. The van der Waals surface area contributed by atoms with Gasteiger partial charge in [-0.2, -0.15) is 0 Å². The molecule has 0 saturated carbocycles. The number of aromatic nitrogens is 1. The number of hydrogen-bond acceptors (Lipinski definition) is 5. The van der Waals surface area contributed by atoms with Gasteiger partial charge >= 0.3 is 12.1 Å². The van der Waals surface area contributed by atoms with Crippen LogP contribution in [0, 0.1) is 0 Å². The van der Waals surface area contributed by atoms with E-state index in [1.54, 1.807) is 6.07 Å². The van der Waals surface area contributed by atoms with Crippen molar-refractivity contribution >= 4 is 17.7 Å². The molecular formula is C9H11N3O4. The van der Waals surface area contributed by atoms with Gasteiger partial charge in [-0.1, -0.05) is 0 Å². The number of nitrogens with zero attached hydrogens (tertiary/aromatic N) is 1. The maximum atomic E-state index is 10.5. The van der Waals surface area contributed by atoms with Crippen LogP contribution in [-0.2, 0) is 4.74 Å². The molecule has 7 nitrogen and oxygen atoms in total. The lowest BCUT2D eigenvalue weighted by molar-refractivity contribution is 0.0690. The Morgan fingerprint density at radius 3 is 2.75 bits per heavy atom. The Balaban J connectivity index is 2.38. The van der Waals surface area contributed by atoms with E-state index < -0.39 is 12.1 Å². The van der Waals surface area contributed by atoms with E-state index in [9.17, 15) is 9.59 Å². The highest BCUT2D eigenvalue weighted by atomic mass is 16.5. The van der Waals surface area contributed by atoms with E-state index in [4.69, 9.17) is 10.8 Å². The van der Waals surface area contributed by atoms with Gasteiger partial charge in [0.05, 0.1) is 11.9 Å². The van der Waals surface area contributed by atoms with Crippen molar-refractivity contribution in [2.24, 2.45) is 5.73 Å². The molecule has 0 fully saturated rings. The molecule has 0 aromatic carbocycles. The van der Waals surface area contributed by atoms with Gasteiger partial charge in [0, 0.05) is 6.54 Å². The Morgan fingerprint density at radius 1 is 1.50 bits per heavy atom. The number of carbonyl (C=O) groups excluding carboxylic acids is 1. The average molecular weight is 225 g/mol. The van der Waals surface area contributed by atoms with Gasteiger partial charge in [-0.15, -0.1) is 0 Å². The summed E-state index contributed by atoms with van der Waals surface area (Å²) in [5.74, 6) is -1.08. The summed E-state index contributed by atoms with van der Waals surface area (Å²) in [5, 5.41) is 11.5. The van der Waals surface area contributed by atoms with E-state index in [1.807, 2.05) is 0 Å². The maximum absolute atomic E-state index is 10.5. The summed E-state index contributed by atoms with van der Waals surface area (Å²) in [5.41, 5.74) is 5.37. The molecule has 86 valence electrons. The van der Waals surface area contributed by atoms with Crippen molar-refractivity contribution in [3.8, 4) is 0 Å². The number of rotatable bonds is 5. The molecule has 1 heterocycles. The highest BCUT2D eigenvalue weighted by Crippen LogP contribution is 2.05. The van der Waals surface area contributed by atoms with Crippen molar-refractivity contribution in [1.29, 1.82) is 0 Å². The van der Waals surface area contributed by atoms with Crippen molar-refractivity contribution in [2.45, 2.75) is 0 Å². The zero-order valence-electron chi connectivity index (χ0n) is 8.34. The van der Waals surface area contributed by atoms with Crippen LogP contribution in [0.4, 0.5) is 10.5 Å². The predicted octanol–water partition coefficient (Wildman–Crippen LogP) is 0.287. The molecule has 1 aromatic heterocycles. The number of nitrogens with one attached hydrogen (secondary N) is 1. The molecule has 0 atom stereocenters. The quantitative estimate of drug-likeness (QED) is 0.620. The molecule has 0 aliphatic rings. The van der Waals surface area contributed by atoms with E-state index in [1.165, 1.54) is 12.3 Å². The van der Waals surface area contributed by atoms with Crippen LogP contribution in [0.3, 0.4) is 0 Å². The lowest BCUT2D eigenvalue weighted by Crippen LogP contribution is -2.18. The number of carbonyl (C=O) groups is 2. The Kier molecular flexibility index (Phi) is 4.07. The van der Waals surface area contributed by atoms with Gasteiger partial charge in [-0.3, -0.25) is 0 Å². The number of amides is 1. The summed E-state index contributed by atoms with van der Waals surface area (Å²) in [6.07, 6.45) is 0.550. The molecule has 0 bridgehead atoms. The average Bonchev–Trinajstić information content (AvgIpc) is 2.25. The molecule has 4 N–H and O–H groups in total. The number of aromatic carboxylic acids is 1. The molecule has 0 unspecified atom stereocenters. The Morgan fingerprint density at radius 2 is 2.25 bits per heavy atom. The van der Waals surface area contributed by atoms with Crippen molar-refractivity contribution in [2.75, 3.05) is 18.5 Å². The van der Waals surface area contributed by atoms with Crippen LogP contribution in [0.25, 0.3) is 0 Å². The molecule has 7 heteroatoms. The molecule has 0 radical (unpaired) electrons. The first-order chi connectivity index (χ1) is 7.59. The molecule has 1 amide bonds. The van der Waals surface area contributed by atoms with Crippen LogP contribution in [-0.4, -0.2) is 35.3 Å². The van der Waals surface area contributed by atoms with E-state index in [0.29, 0.717) is 12.2 Å². The van der Waals surface area contributed by atoms with Crippen LogP contribution >= 0.6 is 0 Å². The van der Waals surface area contributed by atoms with Gasteiger partial charge in [0.15, 0.2) is 0 Å². The van der Waals surface area contributed by atoms with Crippen LogP contribution in [0.1, 0.15) is 10.5 Å². The number of hydrogen-bond donors (Lipinski definition) is 3. The molecule has 1 rings (SSSR count). The molecule has 16 heavy (non-hydrogen) atoms. The van der Waals surface area contributed by atoms with E-state index in [0.717, 1.165) is 0 Å². The number of carboxylic acids is 1. The lowest BCUT2D eigenvalue weighted by atomic mass is 10.3. The normalized spacial score (nSPS) is 9.50. The third-order valence-electron chi connectivity index (χ3n) is 1.66. The molecule has 0 aliphatic heterocycles. The number of nitrogens with two attached hydrogens (primary N) is 1. The van der Waals surface area contributed by atoms with Crippen LogP contribution in [0.5, 0.6) is 0 Å². The first-order valence-corrected chi connectivity index (χ1v) is 4.45. The van der Waals surface area contributed by atoms with E-state index in [-0.39, 0.29) is 12.3 Å². The summed E-state index contributed by atoms with van der Waals surface area (Å²) >= 11 is 0. The highest BCUT2D eigenvalue weighted by molar-refractivity contribution is 5.85. The van der Waals surface area contributed by atoms with Gasteiger partial charge in [-0.25, -0.2) is 14.6 Å². The third kappa shape index (κ3) is 3.82. The zero-order valence-corrected chi connectivity index (χ0v) is 8.34. The van der Waals surface area contributed by atoms with Gasteiger partial charge < -0.3 is 20.9 Å². The van der Waals surface area contributed by atoms with Gasteiger partial charge in [0.2, 0.25) is 0 Å². The summed E-state index contributed by atoms with van der Waals surface area (Å²) in [6, 6.07) is 2.94. The van der Waals surface area contributed by atoms with Crippen LogP contribution in [0.15, 0.2) is 18.3 Å². The predicted molar refractivity (Wildman–Crippen MR) is 55.2 cm³/mol. The number of carboxylic acid groups (broad SMARTS) is 1. The summed E-state index contributed by atoms with van der Waals surface area (Å²) in [7, 11) is 0. The SMILES string of the molecule is NC(=O)OCCNc1ccc(C(=O)O)nc1. The Bertz CT molecular complexity index is 377. The molecule has 0 aliphatic carbocycles. The van der Waals surface area contributed by atoms with Crippen molar-refractivity contribution < 1.29 is 19.4 Å². The number of primary amides is 1. The minimum atomic E-state index is -1.08. The largest absolute Gasteiger partial charge is 0.477 e. The fourth-order valence-corrected chi connectivity index (χ4v) is 0.972. The Hall–Kier alpha value is -2.31. The van der Waals surface area contributed by atoms with Crippen molar-refractivity contribution in [3.63, 3.8) is 0 Å². The van der Waals surface area contributed by atoms with Gasteiger partial charge in [0.25, 0.3) is 0 Å².